The van der Waals surface area contributed by atoms with E-state index in [4.69, 9.17) is 16.3 Å². The molecule has 0 radical (unpaired) electrons. The first kappa shape index (κ1) is 18.5. The molecule has 0 saturated carbocycles. The number of hydrogen-bond acceptors (Lipinski definition) is 1. The molecule has 1 nitrogen and oxygen atoms in total. The molecular formula is C29H16BrClO. The smallest absolute Gasteiger partial charge is 0.133 e. The van der Waals surface area contributed by atoms with Crippen LogP contribution in [0, 0.1) is 0 Å². The van der Waals surface area contributed by atoms with Crippen LogP contribution in [0.3, 0.4) is 0 Å². The third-order valence-corrected chi connectivity index (χ3v) is 7.80. The average Bonchev–Trinajstić information content (AvgIpc) is 3.11. The zero-order valence-corrected chi connectivity index (χ0v) is 19.2. The van der Waals surface area contributed by atoms with Gasteiger partial charge in [-0.15, -0.1) is 0 Å². The minimum atomic E-state index is -0.461. The van der Waals surface area contributed by atoms with E-state index >= 15 is 0 Å². The summed E-state index contributed by atoms with van der Waals surface area (Å²) in [4.78, 5) is 0. The van der Waals surface area contributed by atoms with Crippen LogP contribution in [0.5, 0.6) is 11.5 Å². The summed E-state index contributed by atoms with van der Waals surface area (Å²) in [5, 5.41) is 3.14. The maximum absolute atomic E-state index is 6.41. The summed E-state index contributed by atoms with van der Waals surface area (Å²) < 4.78 is 7.50. The molecule has 1 heterocycles. The van der Waals surface area contributed by atoms with Crippen molar-refractivity contribution < 1.29 is 4.74 Å². The molecule has 32 heavy (non-hydrogen) atoms. The molecule has 1 spiro atoms. The largest absolute Gasteiger partial charge is 0.457 e. The molecule has 0 N–H and O–H groups in total. The van der Waals surface area contributed by atoms with Crippen LogP contribution < -0.4 is 4.74 Å². The second-order valence-electron chi connectivity index (χ2n) is 8.36. The fourth-order valence-corrected chi connectivity index (χ4v) is 6.36. The highest BCUT2D eigenvalue weighted by atomic mass is 79.9. The van der Waals surface area contributed by atoms with Crippen LogP contribution in [-0.2, 0) is 5.41 Å². The maximum Gasteiger partial charge on any atom is 0.133 e. The quantitative estimate of drug-likeness (QED) is 0.204. The molecule has 0 aromatic heterocycles. The van der Waals surface area contributed by atoms with E-state index in [1.165, 1.54) is 33.0 Å². The number of benzene rings is 5. The van der Waals surface area contributed by atoms with Gasteiger partial charge in [-0.2, -0.15) is 0 Å². The predicted molar refractivity (Wildman–Crippen MR) is 134 cm³/mol. The van der Waals surface area contributed by atoms with Gasteiger partial charge in [0.2, 0.25) is 0 Å². The lowest BCUT2D eigenvalue weighted by atomic mass is 9.66. The van der Waals surface area contributed by atoms with Crippen LogP contribution in [0.1, 0.15) is 22.3 Å². The van der Waals surface area contributed by atoms with Crippen molar-refractivity contribution in [1.29, 1.82) is 0 Å². The summed E-state index contributed by atoms with van der Waals surface area (Å²) in [6.45, 7) is 0. The summed E-state index contributed by atoms with van der Waals surface area (Å²) in [7, 11) is 0. The molecule has 7 rings (SSSR count). The van der Waals surface area contributed by atoms with Crippen molar-refractivity contribution in [2.45, 2.75) is 5.41 Å². The Bertz CT molecular complexity index is 1590. The normalized spacial score (nSPS) is 17.4. The third-order valence-electron chi connectivity index (χ3n) is 6.87. The van der Waals surface area contributed by atoms with E-state index in [0.717, 1.165) is 27.1 Å². The molecular weight excluding hydrogens is 480 g/mol. The fourth-order valence-electron chi connectivity index (χ4n) is 5.70. The molecule has 0 saturated heterocycles. The zero-order valence-electron chi connectivity index (χ0n) is 16.9. The van der Waals surface area contributed by atoms with Gasteiger partial charge in [0.05, 0.1) is 5.41 Å². The lowest BCUT2D eigenvalue weighted by molar-refractivity contribution is 0.436. The number of para-hydroxylation sites is 1. The van der Waals surface area contributed by atoms with Crippen LogP contribution in [0.15, 0.2) is 102 Å². The van der Waals surface area contributed by atoms with E-state index < -0.39 is 5.41 Å². The standard InChI is InChI=1S/C29H16BrClO/c30-25-10-5-7-19-18(25)13-15-24-28(19)20-6-1-2-8-21(20)29(24)22-9-3-4-11-26(22)32-27-16-17(31)12-14-23(27)29/h1-16H. The molecule has 0 amide bonds. The minimum absolute atomic E-state index is 0.461. The molecule has 5 aromatic rings. The first-order valence-corrected chi connectivity index (χ1v) is 11.8. The van der Waals surface area contributed by atoms with Gasteiger partial charge in [-0.3, -0.25) is 0 Å². The molecule has 1 unspecified atom stereocenters. The highest BCUT2D eigenvalue weighted by Gasteiger charge is 2.51. The average molecular weight is 496 g/mol. The Morgan fingerprint density at radius 3 is 2.28 bits per heavy atom. The number of hydrogen-bond donors (Lipinski definition) is 0. The van der Waals surface area contributed by atoms with E-state index in [2.05, 4.69) is 94.8 Å². The first-order chi connectivity index (χ1) is 15.7. The molecule has 5 aromatic carbocycles. The second-order valence-corrected chi connectivity index (χ2v) is 9.65. The summed E-state index contributed by atoms with van der Waals surface area (Å²) in [5.74, 6) is 1.69. The van der Waals surface area contributed by atoms with Crippen molar-refractivity contribution in [3.63, 3.8) is 0 Å². The van der Waals surface area contributed by atoms with Gasteiger partial charge in [-0.1, -0.05) is 100 Å². The van der Waals surface area contributed by atoms with Gasteiger partial charge in [0.15, 0.2) is 0 Å². The predicted octanol–water partition coefficient (Wildman–Crippen LogP) is 8.72. The number of rotatable bonds is 0. The van der Waals surface area contributed by atoms with Gasteiger partial charge < -0.3 is 4.74 Å². The van der Waals surface area contributed by atoms with Crippen LogP contribution in [0.2, 0.25) is 5.02 Å². The molecule has 1 aliphatic heterocycles. The summed E-state index contributed by atoms with van der Waals surface area (Å²) in [6, 6.07) is 34.2. The van der Waals surface area contributed by atoms with Gasteiger partial charge in [0.25, 0.3) is 0 Å². The van der Waals surface area contributed by atoms with Crippen LogP contribution >= 0.6 is 27.5 Å². The van der Waals surface area contributed by atoms with Crippen LogP contribution in [0.25, 0.3) is 21.9 Å². The van der Waals surface area contributed by atoms with Gasteiger partial charge in [0.1, 0.15) is 11.5 Å². The van der Waals surface area contributed by atoms with Gasteiger partial charge >= 0.3 is 0 Å². The van der Waals surface area contributed by atoms with Crippen molar-refractivity contribution in [3.05, 3.63) is 129 Å². The van der Waals surface area contributed by atoms with Crippen molar-refractivity contribution in [1.82, 2.24) is 0 Å². The highest BCUT2D eigenvalue weighted by Crippen LogP contribution is 2.63. The van der Waals surface area contributed by atoms with Gasteiger partial charge in [-0.25, -0.2) is 0 Å². The van der Waals surface area contributed by atoms with Crippen molar-refractivity contribution in [2.75, 3.05) is 0 Å². The SMILES string of the molecule is Clc1ccc2c(c1)Oc1ccccc1C21c2ccccc2-c2c1ccc1c(Br)cccc21. The van der Waals surface area contributed by atoms with E-state index in [1.54, 1.807) is 0 Å². The van der Waals surface area contributed by atoms with E-state index in [0.29, 0.717) is 5.02 Å². The second kappa shape index (κ2) is 6.48. The topological polar surface area (TPSA) is 9.23 Å². The van der Waals surface area contributed by atoms with E-state index in [9.17, 15) is 0 Å². The Hall–Kier alpha value is -3.07. The molecule has 2 aliphatic rings. The Morgan fingerprint density at radius 2 is 1.38 bits per heavy atom. The lowest BCUT2D eigenvalue weighted by Crippen LogP contribution is -2.32. The van der Waals surface area contributed by atoms with Gasteiger partial charge in [0, 0.05) is 20.6 Å². The highest BCUT2D eigenvalue weighted by molar-refractivity contribution is 9.10. The van der Waals surface area contributed by atoms with E-state index in [1.807, 2.05) is 18.2 Å². The van der Waals surface area contributed by atoms with Gasteiger partial charge in [-0.05, 0) is 57.3 Å². The molecule has 3 heteroatoms. The molecule has 0 fully saturated rings. The van der Waals surface area contributed by atoms with Crippen molar-refractivity contribution >= 4 is 38.3 Å². The Balaban J connectivity index is 1.73. The zero-order chi connectivity index (χ0) is 21.4. The first-order valence-electron chi connectivity index (χ1n) is 10.6. The Kier molecular flexibility index (Phi) is 3.74. The number of fused-ring (bicyclic) bond motifs is 11. The van der Waals surface area contributed by atoms with Crippen LogP contribution in [-0.4, -0.2) is 0 Å². The Morgan fingerprint density at radius 1 is 0.625 bits per heavy atom. The number of halogens is 2. The minimum Gasteiger partial charge on any atom is -0.457 e. The fraction of sp³-hybridized carbons (Fsp3) is 0.0345. The van der Waals surface area contributed by atoms with Crippen molar-refractivity contribution in [2.24, 2.45) is 0 Å². The summed E-state index contributed by atoms with van der Waals surface area (Å²) in [5.41, 5.74) is 6.94. The van der Waals surface area contributed by atoms with Crippen molar-refractivity contribution in [3.8, 4) is 22.6 Å². The lowest BCUT2D eigenvalue weighted by Gasteiger charge is -2.39. The molecule has 152 valence electrons. The number of ether oxygens (including phenoxy) is 1. The summed E-state index contributed by atoms with van der Waals surface area (Å²) >= 11 is 10.2. The summed E-state index contributed by atoms with van der Waals surface area (Å²) in [6.07, 6.45) is 0. The molecule has 1 atom stereocenters. The van der Waals surface area contributed by atoms with Crippen LogP contribution in [0.4, 0.5) is 0 Å². The molecule has 0 bridgehead atoms. The molecule has 1 aliphatic carbocycles. The Labute approximate surface area is 199 Å². The monoisotopic (exact) mass is 494 g/mol. The van der Waals surface area contributed by atoms with E-state index in [-0.39, 0.29) is 0 Å². The third kappa shape index (κ3) is 2.19. The maximum atomic E-state index is 6.41.